The molecule has 3 nitrogen and oxygen atoms in total. The highest BCUT2D eigenvalue weighted by atomic mass is 79.9. The normalized spacial score (nSPS) is 10.7. The SMILES string of the molecule is O=C(O)c1ccc2c(Br)c(F)cc(F)c2n1. The third-order valence-corrected chi connectivity index (χ3v) is 2.85. The maximum Gasteiger partial charge on any atom is 0.354 e. The van der Waals surface area contributed by atoms with E-state index in [9.17, 15) is 13.6 Å². The average Bonchev–Trinajstić information content (AvgIpc) is 2.25. The molecule has 0 amide bonds. The van der Waals surface area contributed by atoms with Gasteiger partial charge in [0.1, 0.15) is 17.0 Å². The first-order valence-electron chi connectivity index (χ1n) is 4.18. The van der Waals surface area contributed by atoms with Gasteiger partial charge in [0.25, 0.3) is 0 Å². The molecule has 0 saturated heterocycles. The highest BCUT2D eigenvalue weighted by Crippen LogP contribution is 2.28. The maximum atomic E-state index is 13.4. The standard InChI is InChI=1S/C10H4BrF2NO2/c11-8-4-1-2-7(10(15)16)14-9(4)6(13)3-5(8)12/h1-3H,(H,15,16). The van der Waals surface area contributed by atoms with Crippen LogP contribution in [0.25, 0.3) is 10.9 Å². The Hall–Kier alpha value is -1.56. The van der Waals surface area contributed by atoms with Crippen molar-refractivity contribution in [1.29, 1.82) is 0 Å². The molecule has 0 aliphatic carbocycles. The zero-order chi connectivity index (χ0) is 11.9. The number of carboxylic acid groups (broad SMARTS) is 1. The Labute approximate surface area is 96.9 Å². The Morgan fingerprint density at radius 1 is 1.31 bits per heavy atom. The minimum atomic E-state index is -1.26. The van der Waals surface area contributed by atoms with Crippen molar-refractivity contribution in [2.45, 2.75) is 0 Å². The predicted octanol–water partition coefficient (Wildman–Crippen LogP) is 2.97. The summed E-state index contributed by atoms with van der Waals surface area (Å²) in [6.07, 6.45) is 0. The molecule has 0 spiro atoms. The largest absolute Gasteiger partial charge is 0.477 e. The van der Waals surface area contributed by atoms with Crippen LogP contribution in [-0.2, 0) is 0 Å². The number of benzene rings is 1. The van der Waals surface area contributed by atoms with E-state index >= 15 is 0 Å². The molecule has 0 fully saturated rings. The number of rotatable bonds is 1. The maximum absolute atomic E-state index is 13.4. The first kappa shape index (κ1) is 10.9. The molecule has 0 atom stereocenters. The fraction of sp³-hybridized carbons (Fsp3) is 0. The van der Waals surface area contributed by atoms with E-state index in [0.717, 1.165) is 0 Å². The second-order valence-electron chi connectivity index (χ2n) is 3.05. The molecule has 0 aliphatic rings. The summed E-state index contributed by atoms with van der Waals surface area (Å²) in [6, 6.07) is 3.15. The van der Waals surface area contributed by atoms with Crippen LogP contribution < -0.4 is 0 Å². The van der Waals surface area contributed by atoms with E-state index in [1.54, 1.807) is 0 Å². The van der Waals surface area contributed by atoms with Crippen molar-refractivity contribution >= 4 is 32.8 Å². The van der Waals surface area contributed by atoms with Gasteiger partial charge in [-0.05, 0) is 28.1 Å². The van der Waals surface area contributed by atoms with Gasteiger partial charge in [-0.25, -0.2) is 18.6 Å². The van der Waals surface area contributed by atoms with Gasteiger partial charge in [0.2, 0.25) is 0 Å². The first-order valence-corrected chi connectivity index (χ1v) is 4.97. The van der Waals surface area contributed by atoms with E-state index in [1.807, 2.05) is 0 Å². The minimum Gasteiger partial charge on any atom is -0.477 e. The van der Waals surface area contributed by atoms with Gasteiger partial charge in [-0.1, -0.05) is 0 Å². The van der Waals surface area contributed by atoms with Crippen molar-refractivity contribution in [2.24, 2.45) is 0 Å². The van der Waals surface area contributed by atoms with Crippen molar-refractivity contribution in [1.82, 2.24) is 4.98 Å². The molecule has 0 saturated carbocycles. The van der Waals surface area contributed by atoms with Crippen LogP contribution in [0, 0.1) is 11.6 Å². The fourth-order valence-electron chi connectivity index (χ4n) is 1.31. The van der Waals surface area contributed by atoms with Gasteiger partial charge < -0.3 is 5.11 Å². The van der Waals surface area contributed by atoms with Crippen LogP contribution in [0.1, 0.15) is 10.5 Å². The van der Waals surface area contributed by atoms with Gasteiger partial charge in [0.05, 0.1) is 4.47 Å². The Morgan fingerprint density at radius 3 is 2.62 bits per heavy atom. The third kappa shape index (κ3) is 1.65. The molecule has 1 heterocycles. The van der Waals surface area contributed by atoms with Crippen molar-refractivity contribution < 1.29 is 18.7 Å². The van der Waals surface area contributed by atoms with Crippen LogP contribution in [0.5, 0.6) is 0 Å². The predicted molar refractivity (Wildman–Crippen MR) is 56.3 cm³/mol. The number of fused-ring (bicyclic) bond motifs is 1. The van der Waals surface area contributed by atoms with Crippen LogP contribution in [0.15, 0.2) is 22.7 Å². The van der Waals surface area contributed by atoms with E-state index in [-0.39, 0.29) is 21.1 Å². The van der Waals surface area contributed by atoms with Gasteiger partial charge in [-0.2, -0.15) is 0 Å². The van der Waals surface area contributed by atoms with Gasteiger partial charge in [-0.3, -0.25) is 0 Å². The van der Waals surface area contributed by atoms with Gasteiger partial charge in [0, 0.05) is 11.5 Å². The number of aromatic nitrogens is 1. The number of aromatic carboxylic acids is 1. The third-order valence-electron chi connectivity index (χ3n) is 2.04. The molecule has 1 aromatic carbocycles. The zero-order valence-corrected chi connectivity index (χ0v) is 9.25. The smallest absolute Gasteiger partial charge is 0.354 e. The Balaban J connectivity index is 2.84. The molecular weight excluding hydrogens is 284 g/mol. The van der Waals surface area contributed by atoms with E-state index < -0.39 is 17.6 Å². The first-order chi connectivity index (χ1) is 7.50. The Bertz CT molecular complexity index is 601. The van der Waals surface area contributed by atoms with Gasteiger partial charge >= 0.3 is 5.97 Å². The second kappa shape index (κ2) is 3.79. The Morgan fingerprint density at radius 2 is 2.00 bits per heavy atom. The lowest BCUT2D eigenvalue weighted by atomic mass is 10.2. The van der Waals surface area contributed by atoms with E-state index in [2.05, 4.69) is 20.9 Å². The quantitative estimate of drug-likeness (QED) is 0.821. The summed E-state index contributed by atoms with van der Waals surface area (Å²) in [7, 11) is 0. The van der Waals surface area contributed by atoms with Crippen LogP contribution in [-0.4, -0.2) is 16.1 Å². The molecule has 0 bridgehead atoms. The molecular formula is C10H4BrF2NO2. The summed E-state index contributed by atoms with van der Waals surface area (Å²) in [5.41, 5.74) is -0.460. The lowest BCUT2D eigenvalue weighted by molar-refractivity contribution is 0.0691. The molecule has 1 N–H and O–H groups in total. The van der Waals surface area contributed by atoms with E-state index in [4.69, 9.17) is 5.11 Å². The molecule has 16 heavy (non-hydrogen) atoms. The van der Waals surface area contributed by atoms with Crippen LogP contribution in [0.4, 0.5) is 8.78 Å². The van der Waals surface area contributed by atoms with Crippen molar-refractivity contribution in [3.8, 4) is 0 Å². The molecule has 0 aliphatic heterocycles. The molecule has 82 valence electrons. The fourth-order valence-corrected chi connectivity index (χ4v) is 1.74. The Kier molecular flexibility index (Phi) is 2.59. The van der Waals surface area contributed by atoms with Crippen molar-refractivity contribution in [3.05, 3.63) is 40.0 Å². The van der Waals surface area contributed by atoms with E-state index in [0.29, 0.717) is 6.07 Å². The molecule has 2 rings (SSSR count). The number of nitrogens with zero attached hydrogens (tertiary/aromatic N) is 1. The van der Waals surface area contributed by atoms with Crippen molar-refractivity contribution in [3.63, 3.8) is 0 Å². The lowest BCUT2D eigenvalue weighted by Crippen LogP contribution is -2.01. The summed E-state index contributed by atoms with van der Waals surface area (Å²) in [4.78, 5) is 14.2. The number of pyridine rings is 1. The summed E-state index contributed by atoms with van der Waals surface area (Å²) in [5, 5.41) is 8.89. The van der Waals surface area contributed by atoms with Crippen LogP contribution in [0.3, 0.4) is 0 Å². The highest BCUT2D eigenvalue weighted by Gasteiger charge is 2.14. The van der Waals surface area contributed by atoms with Crippen LogP contribution in [0.2, 0.25) is 0 Å². The minimum absolute atomic E-state index is 0.0633. The summed E-state index contributed by atoms with van der Waals surface area (Å²) < 4.78 is 26.6. The summed E-state index contributed by atoms with van der Waals surface area (Å²) in [6.45, 7) is 0. The summed E-state index contributed by atoms with van der Waals surface area (Å²) in [5.74, 6) is -2.91. The van der Waals surface area contributed by atoms with E-state index in [1.165, 1.54) is 12.1 Å². The monoisotopic (exact) mass is 287 g/mol. The van der Waals surface area contributed by atoms with Crippen LogP contribution >= 0.6 is 15.9 Å². The number of carbonyl (C=O) groups is 1. The number of halogens is 3. The molecule has 2 aromatic rings. The molecule has 0 radical (unpaired) electrons. The summed E-state index contributed by atoms with van der Waals surface area (Å²) >= 11 is 2.95. The number of hydrogen-bond donors (Lipinski definition) is 1. The molecule has 1 aromatic heterocycles. The number of carboxylic acids is 1. The topological polar surface area (TPSA) is 50.2 Å². The molecule has 0 unspecified atom stereocenters. The van der Waals surface area contributed by atoms with Crippen molar-refractivity contribution in [2.75, 3.05) is 0 Å². The lowest BCUT2D eigenvalue weighted by Gasteiger charge is -2.03. The number of hydrogen-bond acceptors (Lipinski definition) is 2. The zero-order valence-electron chi connectivity index (χ0n) is 7.67. The second-order valence-corrected chi connectivity index (χ2v) is 3.85. The molecule has 6 heteroatoms. The average molecular weight is 288 g/mol. The van der Waals surface area contributed by atoms with Gasteiger partial charge in [0.15, 0.2) is 5.82 Å². The van der Waals surface area contributed by atoms with Gasteiger partial charge in [-0.15, -0.1) is 0 Å². The highest BCUT2D eigenvalue weighted by molar-refractivity contribution is 9.10.